The van der Waals surface area contributed by atoms with E-state index in [4.69, 9.17) is 39.5 Å². The summed E-state index contributed by atoms with van der Waals surface area (Å²) in [7, 11) is 0. The highest BCUT2D eigenvalue weighted by Crippen LogP contribution is 2.29. The summed E-state index contributed by atoms with van der Waals surface area (Å²) in [6.07, 6.45) is 1.43. The van der Waals surface area contributed by atoms with Gasteiger partial charge in [0.25, 0.3) is 11.8 Å². The standard InChI is InChI=1S/C23H29Cl3N6O3/c1-14-19(25)20(26)21(28-14)23(34)29-16-2-5-32(6-3-16)18-13-15(12-17(24)30-18)22(33)27-4-7-31-8-10-35-11-9-31/h12-13,16,28H,2-11H2,1H3,(H,27,33)(H,29,34). The lowest BCUT2D eigenvalue weighted by molar-refractivity contribution is 0.0383. The van der Waals surface area contributed by atoms with Crippen molar-refractivity contribution in [2.45, 2.75) is 25.8 Å². The molecule has 12 heteroatoms. The molecule has 0 unspecified atom stereocenters. The molecule has 35 heavy (non-hydrogen) atoms. The van der Waals surface area contributed by atoms with E-state index in [9.17, 15) is 9.59 Å². The van der Waals surface area contributed by atoms with Crippen molar-refractivity contribution in [3.05, 3.63) is 44.3 Å². The second-order valence-corrected chi connectivity index (χ2v) is 9.88. The van der Waals surface area contributed by atoms with Crippen LogP contribution in [-0.4, -0.2) is 85.2 Å². The number of hydrogen-bond acceptors (Lipinski definition) is 6. The fraction of sp³-hybridized carbons (Fsp3) is 0.522. The number of nitrogens with one attached hydrogen (secondary N) is 3. The Labute approximate surface area is 219 Å². The molecule has 2 saturated heterocycles. The zero-order valence-electron chi connectivity index (χ0n) is 19.5. The molecule has 0 radical (unpaired) electrons. The van der Waals surface area contributed by atoms with E-state index in [2.05, 4.69) is 30.4 Å². The quantitative estimate of drug-likeness (QED) is 0.464. The van der Waals surface area contributed by atoms with E-state index in [1.807, 2.05) is 0 Å². The molecule has 2 aliphatic rings. The Morgan fingerprint density at radius 1 is 1.09 bits per heavy atom. The van der Waals surface area contributed by atoms with Gasteiger partial charge in [-0.3, -0.25) is 14.5 Å². The van der Waals surface area contributed by atoms with Crippen molar-refractivity contribution < 1.29 is 14.3 Å². The van der Waals surface area contributed by atoms with Crippen LogP contribution in [0.25, 0.3) is 0 Å². The van der Waals surface area contributed by atoms with Gasteiger partial charge in [0.15, 0.2) is 0 Å². The first-order valence-electron chi connectivity index (χ1n) is 11.7. The Morgan fingerprint density at radius 3 is 2.46 bits per heavy atom. The lowest BCUT2D eigenvalue weighted by atomic mass is 10.0. The molecule has 2 fully saturated rings. The van der Waals surface area contributed by atoms with E-state index in [0.29, 0.717) is 54.6 Å². The number of piperidine rings is 1. The number of aryl methyl sites for hydroxylation is 1. The predicted octanol–water partition coefficient (Wildman–Crippen LogP) is 3.14. The fourth-order valence-electron chi connectivity index (χ4n) is 4.27. The molecule has 2 amide bonds. The van der Waals surface area contributed by atoms with Gasteiger partial charge in [0, 0.05) is 56.6 Å². The zero-order valence-corrected chi connectivity index (χ0v) is 21.8. The van der Waals surface area contributed by atoms with Crippen molar-refractivity contribution in [2.75, 3.05) is 57.4 Å². The molecule has 0 bridgehead atoms. The van der Waals surface area contributed by atoms with Gasteiger partial charge >= 0.3 is 0 Å². The molecule has 0 atom stereocenters. The second kappa shape index (κ2) is 11.8. The maximum absolute atomic E-state index is 12.7. The number of H-pyrrole nitrogens is 1. The van der Waals surface area contributed by atoms with Crippen LogP contribution in [0.5, 0.6) is 0 Å². The molecule has 0 saturated carbocycles. The number of morpholine rings is 1. The van der Waals surface area contributed by atoms with Crippen molar-refractivity contribution in [1.82, 2.24) is 25.5 Å². The SMILES string of the molecule is Cc1[nH]c(C(=O)NC2CCN(c3cc(C(=O)NCCN4CCOCC4)cc(Cl)n3)CC2)c(Cl)c1Cl. The molecule has 2 aliphatic heterocycles. The third-order valence-electron chi connectivity index (χ3n) is 6.30. The Bertz CT molecular complexity index is 1070. The van der Waals surface area contributed by atoms with Crippen molar-refractivity contribution in [2.24, 2.45) is 0 Å². The summed E-state index contributed by atoms with van der Waals surface area (Å²) in [4.78, 5) is 37.0. The fourth-order valence-corrected chi connectivity index (χ4v) is 4.89. The molecule has 3 N–H and O–H groups in total. The summed E-state index contributed by atoms with van der Waals surface area (Å²) in [6, 6.07) is 3.33. The number of anilines is 1. The number of carbonyl (C=O) groups is 2. The van der Waals surface area contributed by atoms with Gasteiger partial charge in [-0.25, -0.2) is 4.98 Å². The number of aromatic nitrogens is 2. The lowest BCUT2D eigenvalue weighted by Crippen LogP contribution is -2.45. The molecular formula is C23H29Cl3N6O3. The van der Waals surface area contributed by atoms with Gasteiger partial charge in [0.1, 0.15) is 16.7 Å². The number of ether oxygens (including phenoxy) is 1. The first-order chi connectivity index (χ1) is 16.8. The van der Waals surface area contributed by atoms with Gasteiger partial charge in [-0.15, -0.1) is 0 Å². The zero-order chi connectivity index (χ0) is 24.9. The van der Waals surface area contributed by atoms with Crippen molar-refractivity contribution >= 4 is 52.4 Å². The van der Waals surface area contributed by atoms with E-state index in [1.54, 1.807) is 19.1 Å². The van der Waals surface area contributed by atoms with Gasteiger partial charge in [-0.2, -0.15) is 0 Å². The molecule has 2 aromatic heterocycles. The van der Waals surface area contributed by atoms with Gasteiger partial charge in [-0.1, -0.05) is 34.8 Å². The summed E-state index contributed by atoms with van der Waals surface area (Å²) < 4.78 is 5.35. The van der Waals surface area contributed by atoms with Gasteiger partial charge in [-0.05, 0) is 31.9 Å². The third kappa shape index (κ3) is 6.59. The molecule has 2 aromatic rings. The van der Waals surface area contributed by atoms with Crippen molar-refractivity contribution in [1.29, 1.82) is 0 Å². The first-order valence-corrected chi connectivity index (χ1v) is 12.8. The van der Waals surface area contributed by atoms with Crippen molar-refractivity contribution in [3.63, 3.8) is 0 Å². The lowest BCUT2D eigenvalue weighted by Gasteiger charge is -2.33. The van der Waals surface area contributed by atoms with Crippen LogP contribution >= 0.6 is 34.8 Å². The molecular weight excluding hydrogens is 515 g/mol. The molecule has 0 spiro atoms. The van der Waals surface area contributed by atoms with E-state index >= 15 is 0 Å². The Morgan fingerprint density at radius 2 is 1.80 bits per heavy atom. The van der Waals surface area contributed by atoms with Crippen LogP contribution in [0.2, 0.25) is 15.2 Å². The number of halogens is 3. The normalized spacial score (nSPS) is 17.4. The summed E-state index contributed by atoms with van der Waals surface area (Å²) in [6.45, 7) is 7.63. The summed E-state index contributed by atoms with van der Waals surface area (Å²) >= 11 is 18.5. The number of nitrogens with zero attached hydrogens (tertiary/aromatic N) is 3. The van der Waals surface area contributed by atoms with E-state index in [1.165, 1.54) is 0 Å². The number of hydrogen-bond donors (Lipinski definition) is 3. The number of rotatable bonds is 7. The Hall–Kier alpha value is -2.04. The average Bonchev–Trinajstić information content (AvgIpc) is 3.12. The van der Waals surface area contributed by atoms with Crippen LogP contribution < -0.4 is 15.5 Å². The smallest absolute Gasteiger partial charge is 0.269 e. The summed E-state index contributed by atoms with van der Waals surface area (Å²) in [5, 5.41) is 6.84. The summed E-state index contributed by atoms with van der Waals surface area (Å²) in [5.74, 6) is 0.193. The summed E-state index contributed by atoms with van der Waals surface area (Å²) in [5.41, 5.74) is 1.41. The van der Waals surface area contributed by atoms with Crippen LogP contribution in [0.1, 0.15) is 39.4 Å². The molecule has 4 rings (SSSR count). The highest BCUT2D eigenvalue weighted by molar-refractivity contribution is 6.44. The Kier molecular flexibility index (Phi) is 8.77. The second-order valence-electron chi connectivity index (χ2n) is 8.73. The van der Waals surface area contributed by atoms with Crippen LogP contribution in [-0.2, 0) is 4.74 Å². The monoisotopic (exact) mass is 542 g/mol. The van der Waals surface area contributed by atoms with Gasteiger partial charge in [0.05, 0.1) is 23.3 Å². The topological polar surface area (TPSA) is 103 Å². The van der Waals surface area contributed by atoms with Gasteiger partial charge < -0.3 is 25.3 Å². The molecule has 9 nitrogen and oxygen atoms in total. The Balaban J connectivity index is 1.30. The van der Waals surface area contributed by atoms with E-state index in [0.717, 1.165) is 32.8 Å². The van der Waals surface area contributed by atoms with Crippen LogP contribution in [0.15, 0.2) is 12.1 Å². The number of pyridine rings is 1. The molecule has 0 aromatic carbocycles. The number of carbonyl (C=O) groups excluding carboxylic acids is 2. The highest BCUT2D eigenvalue weighted by Gasteiger charge is 2.25. The highest BCUT2D eigenvalue weighted by atomic mass is 35.5. The van der Waals surface area contributed by atoms with Crippen molar-refractivity contribution in [3.8, 4) is 0 Å². The van der Waals surface area contributed by atoms with Crippen LogP contribution in [0.4, 0.5) is 5.82 Å². The van der Waals surface area contributed by atoms with Crippen LogP contribution in [0.3, 0.4) is 0 Å². The average molecular weight is 544 g/mol. The van der Waals surface area contributed by atoms with E-state index in [-0.39, 0.29) is 33.7 Å². The predicted molar refractivity (Wildman–Crippen MR) is 137 cm³/mol. The molecule has 190 valence electrons. The minimum atomic E-state index is -0.277. The number of aromatic amines is 1. The minimum absolute atomic E-state index is 0.0145. The van der Waals surface area contributed by atoms with E-state index < -0.39 is 0 Å². The number of amides is 2. The maximum Gasteiger partial charge on any atom is 0.269 e. The largest absolute Gasteiger partial charge is 0.379 e. The van der Waals surface area contributed by atoms with Gasteiger partial charge in [0.2, 0.25) is 0 Å². The van der Waals surface area contributed by atoms with Crippen LogP contribution in [0, 0.1) is 6.92 Å². The molecule has 0 aliphatic carbocycles. The maximum atomic E-state index is 12.7. The first kappa shape index (κ1) is 26.0. The molecule has 4 heterocycles. The minimum Gasteiger partial charge on any atom is -0.379 e. The third-order valence-corrected chi connectivity index (χ3v) is 7.44.